The fraction of sp³-hybridized carbons (Fsp3) is 0.364. The lowest BCUT2D eigenvalue weighted by Gasteiger charge is -2.16. The van der Waals surface area contributed by atoms with Crippen molar-refractivity contribution in [1.82, 2.24) is 5.32 Å². The molecule has 1 unspecified atom stereocenters. The summed E-state index contributed by atoms with van der Waals surface area (Å²) in [5.74, 6) is -0.0343. The summed E-state index contributed by atoms with van der Waals surface area (Å²) in [6.07, 6.45) is 0.720. The van der Waals surface area contributed by atoms with Gasteiger partial charge in [0.05, 0.1) is 16.7 Å². The average molecular weight is 235 g/mol. The molecule has 1 heterocycles. The van der Waals surface area contributed by atoms with E-state index in [-0.39, 0.29) is 17.6 Å². The fourth-order valence-electron chi connectivity index (χ4n) is 1.98. The van der Waals surface area contributed by atoms with Crippen LogP contribution in [-0.2, 0) is 4.79 Å². The lowest BCUT2D eigenvalue weighted by atomic mass is 10.2. The van der Waals surface area contributed by atoms with Crippen molar-refractivity contribution in [1.29, 1.82) is 0 Å². The second-order valence-corrected chi connectivity index (χ2v) is 3.90. The SMILES string of the molecule is CNC1CCN(c2cccc([N+](=O)[O-])c2)C1=O. The van der Waals surface area contributed by atoms with Crippen LogP contribution < -0.4 is 10.2 Å². The molecule has 1 amide bonds. The second-order valence-electron chi connectivity index (χ2n) is 3.90. The number of anilines is 1. The van der Waals surface area contributed by atoms with Crippen LogP contribution in [0.1, 0.15) is 6.42 Å². The molecule has 6 heteroatoms. The number of non-ortho nitro benzene ring substituents is 1. The molecule has 17 heavy (non-hydrogen) atoms. The number of nitrogens with one attached hydrogen (secondary N) is 1. The first-order chi connectivity index (χ1) is 8.13. The number of nitrogens with zero attached hydrogens (tertiary/aromatic N) is 2. The van der Waals surface area contributed by atoms with E-state index in [9.17, 15) is 14.9 Å². The number of amides is 1. The monoisotopic (exact) mass is 235 g/mol. The van der Waals surface area contributed by atoms with Gasteiger partial charge < -0.3 is 10.2 Å². The Kier molecular flexibility index (Phi) is 3.06. The van der Waals surface area contributed by atoms with Gasteiger partial charge >= 0.3 is 0 Å². The Morgan fingerprint density at radius 3 is 2.88 bits per heavy atom. The van der Waals surface area contributed by atoms with Gasteiger partial charge in [-0.3, -0.25) is 14.9 Å². The summed E-state index contributed by atoms with van der Waals surface area (Å²) in [4.78, 5) is 23.7. The third-order valence-electron chi connectivity index (χ3n) is 2.91. The lowest BCUT2D eigenvalue weighted by Crippen LogP contribution is -2.36. The van der Waals surface area contributed by atoms with Crippen molar-refractivity contribution in [3.8, 4) is 0 Å². The molecule has 1 atom stereocenters. The Morgan fingerprint density at radius 2 is 2.29 bits per heavy atom. The van der Waals surface area contributed by atoms with Crippen LogP contribution in [0.25, 0.3) is 0 Å². The van der Waals surface area contributed by atoms with Gasteiger partial charge in [0.2, 0.25) is 5.91 Å². The maximum atomic E-state index is 11.9. The van der Waals surface area contributed by atoms with E-state index in [2.05, 4.69) is 5.32 Å². The van der Waals surface area contributed by atoms with Crippen LogP contribution in [0.5, 0.6) is 0 Å². The topological polar surface area (TPSA) is 75.5 Å². The quantitative estimate of drug-likeness (QED) is 0.624. The average Bonchev–Trinajstić information content (AvgIpc) is 2.70. The summed E-state index contributed by atoms with van der Waals surface area (Å²) < 4.78 is 0. The number of likely N-dealkylation sites (N-methyl/N-ethyl adjacent to an activating group) is 1. The van der Waals surface area contributed by atoms with Crippen LogP contribution in [0.15, 0.2) is 24.3 Å². The van der Waals surface area contributed by atoms with Gasteiger partial charge in [0.1, 0.15) is 0 Å². The molecule has 1 aromatic carbocycles. The predicted octanol–water partition coefficient (Wildman–Crippen LogP) is 0.919. The third kappa shape index (κ3) is 2.12. The molecule has 1 saturated heterocycles. The van der Waals surface area contributed by atoms with Crippen molar-refractivity contribution in [2.45, 2.75) is 12.5 Å². The van der Waals surface area contributed by atoms with Crippen LogP contribution in [-0.4, -0.2) is 30.5 Å². The summed E-state index contributed by atoms with van der Waals surface area (Å²) in [5.41, 5.74) is 0.588. The number of nitro groups is 1. The number of benzene rings is 1. The smallest absolute Gasteiger partial charge is 0.271 e. The number of carbonyl (C=O) groups excluding carboxylic acids is 1. The fourth-order valence-corrected chi connectivity index (χ4v) is 1.98. The van der Waals surface area contributed by atoms with Crippen LogP contribution in [0, 0.1) is 10.1 Å². The number of nitro benzene ring substituents is 1. The highest BCUT2D eigenvalue weighted by atomic mass is 16.6. The highest BCUT2D eigenvalue weighted by molar-refractivity contribution is 5.99. The van der Waals surface area contributed by atoms with E-state index < -0.39 is 4.92 Å². The minimum absolute atomic E-state index is 0.00297. The molecule has 1 N–H and O–H groups in total. The summed E-state index contributed by atoms with van der Waals surface area (Å²) in [6, 6.07) is 5.96. The molecule has 0 aliphatic carbocycles. The highest BCUT2D eigenvalue weighted by Gasteiger charge is 2.31. The van der Waals surface area contributed by atoms with Gasteiger partial charge in [-0.05, 0) is 19.5 Å². The Labute approximate surface area is 98.4 Å². The third-order valence-corrected chi connectivity index (χ3v) is 2.91. The zero-order chi connectivity index (χ0) is 12.4. The van der Waals surface area contributed by atoms with Crippen LogP contribution in [0.4, 0.5) is 11.4 Å². The van der Waals surface area contributed by atoms with Crippen LogP contribution in [0.2, 0.25) is 0 Å². The Morgan fingerprint density at radius 1 is 1.53 bits per heavy atom. The first kappa shape index (κ1) is 11.5. The second kappa shape index (κ2) is 4.50. The minimum Gasteiger partial charge on any atom is -0.311 e. The van der Waals surface area contributed by atoms with E-state index in [0.29, 0.717) is 12.2 Å². The van der Waals surface area contributed by atoms with Gasteiger partial charge in [0, 0.05) is 18.7 Å². The van der Waals surface area contributed by atoms with Crippen molar-refractivity contribution in [3.63, 3.8) is 0 Å². The van der Waals surface area contributed by atoms with Gasteiger partial charge in [-0.1, -0.05) is 6.07 Å². The molecule has 1 aromatic rings. The molecule has 1 aliphatic heterocycles. The van der Waals surface area contributed by atoms with E-state index in [1.54, 1.807) is 24.1 Å². The first-order valence-electron chi connectivity index (χ1n) is 5.36. The number of carbonyl (C=O) groups is 1. The molecule has 0 spiro atoms. The van der Waals surface area contributed by atoms with Gasteiger partial charge in [-0.2, -0.15) is 0 Å². The summed E-state index contributed by atoms with van der Waals surface area (Å²) in [6.45, 7) is 0.589. The van der Waals surface area contributed by atoms with E-state index in [1.165, 1.54) is 12.1 Å². The van der Waals surface area contributed by atoms with Gasteiger partial charge in [0.15, 0.2) is 0 Å². The molecule has 0 saturated carbocycles. The van der Waals surface area contributed by atoms with E-state index in [0.717, 1.165) is 6.42 Å². The lowest BCUT2D eigenvalue weighted by molar-refractivity contribution is -0.384. The maximum Gasteiger partial charge on any atom is 0.271 e. The molecule has 1 aliphatic rings. The normalized spacial score (nSPS) is 19.7. The Balaban J connectivity index is 2.26. The number of hydrogen-bond acceptors (Lipinski definition) is 4. The van der Waals surface area contributed by atoms with E-state index >= 15 is 0 Å². The molecule has 0 radical (unpaired) electrons. The van der Waals surface area contributed by atoms with Crippen molar-refractivity contribution in [2.75, 3.05) is 18.5 Å². The molecule has 0 aromatic heterocycles. The van der Waals surface area contributed by atoms with Gasteiger partial charge in [-0.15, -0.1) is 0 Å². The Bertz CT molecular complexity index is 461. The molecule has 1 fully saturated rings. The molecule has 2 rings (SSSR count). The molecule has 6 nitrogen and oxygen atoms in total. The van der Waals surface area contributed by atoms with Crippen molar-refractivity contribution in [2.24, 2.45) is 0 Å². The van der Waals surface area contributed by atoms with Gasteiger partial charge in [-0.25, -0.2) is 0 Å². The largest absolute Gasteiger partial charge is 0.311 e. The first-order valence-corrected chi connectivity index (χ1v) is 5.36. The summed E-state index contributed by atoms with van der Waals surface area (Å²) in [5, 5.41) is 13.6. The minimum atomic E-state index is -0.459. The number of hydrogen-bond donors (Lipinski definition) is 1. The van der Waals surface area contributed by atoms with Crippen LogP contribution in [0.3, 0.4) is 0 Å². The van der Waals surface area contributed by atoms with Crippen molar-refractivity contribution in [3.05, 3.63) is 34.4 Å². The highest BCUT2D eigenvalue weighted by Crippen LogP contribution is 2.25. The molecular formula is C11H13N3O3. The van der Waals surface area contributed by atoms with Gasteiger partial charge in [0.25, 0.3) is 5.69 Å². The molecule has 90 valence electrons. The summed E-state index contributed by atoms with van der Waals surface area (Å²) in [7, 11) is 1.74. The zero-order valence-electron chi connectivity index (χ0n) is 9.42. The van der Waals surface area contributed by atoms with Crippen LogP contribution >= 0.6 is 0 Å². The summed E-state index contributed by atoms with van der Waals surface area (Å²) >= 11 is 0. The predicted molar refractivity (Wildman–Crippen MR) is 62.9 cm³/mol. The molecular weight excluding hydrogens is 222 g/mol. The number of rotatable bonds is 3. The van der Waals surface area contributed by atoms with Crippen molar-refractivity contribution < 1.29 is 9.72 Å². The van der Waals surface area contributed by atoms with Crippen molar-refractivity contribution >= 4 is 17.3 Å². The Hall–Kier alpha value is -1.95. The maximum absolute atomic E-state index is 11.9. The van der Waals surface area contributed by atoms with E-state index in [1.807, 2.05) is 0 Å². The standard InChI is InChI=1S/C11H13N3O3/c1-12-10-5-6-13(11(10)15)8-3-2-4-9(7-8)14(16)17/h2-4,7,10,12H,5-6H2,1H3. The zero-order valence-corrected chi connectivity index (χ0v) is 9.42. The molecule has 0 bridgehead atoms. The van der Waals surface area contributed by atoms with E-state index in [4.69, 9.17) is 0 Å².